The molecular weight excluding hydrogens is 368 g/mol. The molecule has 0 fully saturated rings. The van der Waals surface area contributed by atoms with Crippen molar-refractivity contribution in [3.63, 3.8) is 0 Å². The number of unbranched alkanes of at least 4 members (excludes halogenated alkanes) is 1. The SMILES string of the molecule is CCCCS(=O)(=O)Nc1ccc(Nc2cccc(Br)c2)nn1. The first-order valence-corrected chi connectivity index (χ1v) is 9.30. The number of hydrogen-bond donors (Lipinski definition) is 2. The summed E-state index contributed by atoms with van der Waals surface area (Å²) in [5, 5.41) is 10.9. The largest absolute Gasteiger partial charge is 0.339 e. The molecule has 0 radical (unpaired) electrons. The van der Waals surface area contributed by atoms with Crippen LogP contribution >= 0.6 is 15.9 Å². The summed E-state index contributed by atoms with van der Waals surface area (Å²) < 4.78 is 26.9. The topological polar surface area (TPSA) is 84.0 Å². The predicted molar refractivity (Wildman–Crippen MR) is 91.8 cm³/mol. The van der Waals surface area contributed by atoms with Crippen molar-refractivity contribution in [1.82, 2.24) is 10.2 Å². The van der Waals surface area contributed by atoms with Crippen molar-refractivity contribution in [3.8, 4) is 0 Å². The first-order valence-electron chi connectivity index (χ1n) is 6.85. The van der Waals surface area contributed by atoms with E-state index in [-0.39, 0.29) is 11.6 Å². The molecule has 2 rings (SSSR count). The zero-order chi connectivity index (χ0) is 16.0. The fraction of sp³-hybridized carbons (Fsp3) is 0.286. The van der Waals surface area contributed by atoms with E-state index < -0.39 is 10.0 Å². The lowest BCUT2D eigenvalue weighted by molar-refractivity contribution is 0.597. The number of nitrogens with zero attached hydrogens (tertiary/aromatic N) is 2. The summed E-state index contributed by atoms with van der Waals surface area (Å²) in [4.78, 5) is 0. The fourth-order valence-electron chi connectivity index (χ4n) is 1.71. The number of nitrogens with one attached hydrogen (secondary N) is 2. The lowest BCUT2D eigenvalue weighted by atomic mass is 10.3. The molecule has 0 bridgehead atoms. The summed E-state index contributed by atoms with van der Waals surface area (Å²) in [6, 6.07) is 10.9. The van der Waals surface area contributed by atoms with Crippen LogP contribution in [0.3, 0.4) is 0 Å². The van der Waals surface area contributed by atoms with Crippen molar-refractivity contribution in [2.75, 3.05) is 15.8 Å². The molecule has 1 aromatic carbocycles. The fourth-order valence-corrected chi connectivity index (χ4v) is 3.31. The number of hydrogen-bond acceptors (Lipinski definition) is 5. The van der Waals surface area contributed by atoms with Crippen LogP contribution < -0.4 is 10.0 Å². The Balaban J connectivity index is 2.01. The summed E-state index contributed by atoms with van der Waals surface area (Å²) in [5.74, 6) is 0.842. The molecule has 0 aliphatic carbocycles. The van der Waals surface area contributed by atoms with Gasteiger partial charge < -0.3 is 5.32 Å². The van der Waals surface area contributed by atoms with Crippen molar-refractivity contribution in [2.45, 2.75) is 19.8 Å². The Morgan fingerprint density at radius 3 is 2.50 bits per heavy atom. The molecule has 0 saturated heterocycles. The van der Waals surface area contributed by atoms with E-state index in [1.54, 1.807) is 12.1 Å². The lowest BCUT2D eigenvalue weighted by Gasteiger charge is -2.08. The van der Waals surface area contributed by atoms with Gasteiger partial charge in [0.25, 0.3) is 0 Å². The number of halogens is 1. The molecule has 0 aliphatic heterocycles. The van der Waals surface area contributed by atoms with Gasteiger partial charge in [-0.25, -0.2) is 8.42 Å². The molecule has 1 aromatic heterocycles. The minimum Gasteiger partial charge on any atom is -0.339 e. The highest BCUT2D eigenvalue weighted by Crippen LogP contribution is 2.19. The van der Waals surface area contributed by atoms with Gasteiger partial charge in [0.2, 0.25) is 10.0 Å². The maximum Gasteiger partial charge on any atom is 0.233 e. The molecule has 2 N–H and O–H groups in total. The van der Waals surface area contributed by atoms with Crippen LogP contribution in [0.4, 0.5) is 17.3 Å². The second-order valence-electron chi connectivity index (χ2n) is 4.71. The van der Waals surface area contributed by atoms with Gasteiger partial charge in [-0.1, -0.05) is 35.3 Å². The Kier molecular flexibility index (Phi) is 5.73. The van der Waals surface area contributed by atoms with E-state index in [1.807, 2.05) is 31.2 Å². The maximum atomic E-state index is 11.8. The van der Waals surface area contributed by atoms with Crippen LogP contribution in [-0.2, 0) is 10.0 Å². The third kappa shape index (κ3) is 5.27. The average Bonchev–Trinajstić information content (AvgIpc) is 2.47. The van der Waals surface area contributed by atoms with Crippen LogP contribution in [0.2, 0.25) is 0 Å². The summed E-state index contributed by atoms with van der Waals surface area (Å²) in [7, 11) is -3.35. The highest BCUT2D eigenvalue weighted by Gasteiger charge is 2.10. The maximum absolute atomic E-state index is 11.8. The summed E-state index contributed by atoms with van der Waals surface area (Å²) in [6.45, 7) is 1.94. The molecule has 0 atom stereocenters. The zero-order valence-corrected chi connectivity index (χ0v) is 14.5. The van der Waals surface area contributed by atoms with Gasteiger partial charge in [-0.2, -0.15) is 0 Å². The molecular formula is C14H17BrN4O2S. The highest BCUT2D eigenvalue weighted by atomic mass is 79.9. The lowest BCUT2D eigenvalue weighted by Crippen LogP contribution is -2.17. The monoisotopic (exact) mass is 384 g/mol. The minimum absolute atomic E-state index is 0.0865. The molecule has 0 amide bonds. The molecule has 0 unspecified atom stereocenters. The third-order valence-corrected chi connectivity index (χ3v) is 4.63. The Morgan fingerprint density at radius 1 is 1.14 bits per heavy atom. The van der Waals surface area contributed by atoms with Crippen LogP contribution in [0.15, 0.2) is 40.9 Å². The molecule has 0 aliphatic rings. The van der Waals surface area contributed by atoms with E-state index in [2.05, 4.69) is 36.2 Å². The van der Waals surface area contributed by atoms with Crippen LogP contribution in [0.5, 0.6) is 0 Å². The normalized spacial score (nSPS) is 11.2. The van der Waals surface area contributed by atoms with Crippen molar-refractivity contribution < 1.29 is 8.42 Å². The Hall–Kier alpha value is -1.67. The van der Waals surface area contributed by atoms with E-state index in [9.17, 15) is 8.42 Å². The van der Waals surface area contributed by atoms with E-state index in [0.717, 1.165) is 16.6 Å². The number of anilines is 3. The first kappa shape index (κ1) is 16.7. The Morgan fingerprint density at radius 2 is 1.86 bits per heavy atom. The number of benzene rings is 1. The van der Waals surface area contributed by atoms with E-state index >= 15 is 0 Å². The minimum atomic E-state index is -3.35. The molecule has 22 heavy (non-hydrogen) atoms. The standard InChI is InChI=1S/C14H17BrN4O2S/c1-2-3-9-22(20,21)19-14-8-7-13(17-18-14)16-12-6-4-5-11(15)10-12/h4-8,10H,2-3,9H2,1H3,(H,16,17)(H,18,19). The molecule has 2 aromatic rings. The summed E-state index contributed by atoms with van der Waals surface area (Å²) in [5.41, 5.74) is 0.861. The number of aromatic nitrogens is 2. The van der Waals surface area contributed by atoms with Crippen LogP contribution in [0, 0.1) is 0 Å². The van der Waals surface area contributed by atoms with Gasteiger partial charge in [-0.3, -0.25) is 4.72 Å². The Labute approximate surface area is 138 Å². The molecule has 0 spiro atoms. The second-order valence-corrected chi connectivity index (χ2v) is 7.47. The average molecular weight is 385 g/mol. The van der Waals surface area contributed by atoms with Gasteiger partial charge in [0, 0.05) is 10.2 Å². The molecule has 0 saturated carbocycles. The Bertz CT molecular complexity index is 720. The van der Waals surface area contributed by atoms with Gasteiger partial charge in [-0.15, -0.1) is 10.2 Å². The predicted octanol–water partition coefficient (Wildman–Crippen LogP) is 3.52. The van der Waals surface area contributed by atoms with Gasteiger partial charge >= 0.3 is 0 Å². The van der Waals surface area contributed by atoms with E-state index in [1.165, 1.54) is 0 Å². The third-order valence-electron chi connectivity index (χ3n) is 2.79. The van der Waals surface area contributed by atoms with E-state index in [4.69, 9.17) is 0 Å². The summed E-state index contributed by atoms with van der Waals surface area (Å²) >= 11 is 3.39. The van der Waals surface area contributed by atoms with Gasteiger partial charge in [0.1, 0.15) is 0 Å². The van der Waals surface area contributed by atoms with Crippen molar-refractivity contribution in [2.24, 2.45) is 0 Å². The van der Waals surface area contributed by atoms with Crippen LogP contribution in [0.25, 0.3) is 0 Å². The van der Waals surface area contributed by atoms with Crippen molar-refractivity contribution in [3.05, 3.63) is 40.9 Å². The highest BCUT2D eigenvalue weighted by molar-refractivity contribution is 9.10. The zero-order valence-electron chi connectivity index (χ0n) is 12.1. The smallest absolute Gasteiger partial charge is 0.233 e. The molecule has 118 valence electrons. The van der Waals surface area contributed by atoms with Crippen molar-refractivity contribution >= 4 is 43.3 Å². The molecule has 8 heteroatoms. The second kappa shape index (κ2) is 7.55. The van der Waals surface area contributed by atoms with Crippen LogP contribution in [0.1, 0.15) is 19.8 Å². The quantitative estimate of drug-likeness (QED) is 0.762. The van der Waals surface area contributed by atoms with Gasteiger partial charge in [0.05, 0.1) is 5.75 Å². The molecule has 1 heterocycles. The number of sulfonamides is 1. The van der Waals surface area contributed by atoms with E-state index in [0.29, 0.717) is 12.2 Å². The molecule has 6 nitrogen and oxygen atoms in total. The van der Waals surface area contributed by atoms with Crippen molar-refractivity contribution in [1.29, 1.82) is 0 Å². The summed E-state index contributed by atoms with van der Waals surface area (Å²) in [6.07, 6.45) is 1.44. The van der Waals surface area contributed by atoms with Gasteiger partial charge in [-0.05, 0) is 36.8 Å². The van der Waals surface area contributed by atoms with Crippen LogP contribution in [-0.4, -0.2) is 24.4 Å². The number of rotatable bonds is 7. The van der Waals surface area contributed by atoms with Gasteiger partial charge in [0.15, 0.2) is 11.6 Å². The first-order chi connectivity index (χ1) is 10.5.